The third kappa shape index (κ3) is 7.90. The lowest BCUT2D eigenvalue weighted by molar-refractivity contribution is 0.359. The summed E-state index contributed by atoms with van der Waals surface area (Å²) in [5.74, 6) is 1.86. The molecule has 1 heterocycles. The van der Waals surface area contributed by atoms with Crippen molar-refractivity contribution in [3.8, 4) is 0 Å². The van der Waals surface area contributed by atoms with Crippen molar-refractivity contribution in [3.05, 3.63) is 46.6 Å². The van der Waals surface area contributed by atoms with E-state index in [1.54, 1.807) is 6.92 Å². The molecule has 0 fully saturated rings. The van der Waals surface area contributed by atoms with Gasteiger partial charge in [0.15, 0.2) is 11.8 Å². The molecular formula is C18H27ClIN5O. The Bertz CT molecular complexity index is 717. The van der Waals surface area contributed by atoms with Crippen molar-refractivity contribution in [2.24, 2.45) is 10.4 Å². The van der Waals surface area contributed by atoms with Crippen molar-refractivity contribution in [2.45, 2.75) is 40.7 Å². The molecule has 0 radical (unpaired) electrons. The molecule has 6 nitrogen and oxygen atoms in total. The molecule has 0 spiro atoms. The van der Waals surface area contributed by atoms with Gasteiger partial charge < -0.3 is 15.2 Å². The number of benzene rings is 1. The Morgan fingerprint density at radius 1 is 1.31 bits per heavy atom. The van der Waals surface area contributed by atoms with Gasteiger partial charge in [-0.3, -0.25) is 0 Å². The molecule has 1 aromatic heterocycles. The number of halogens is 2. The van der Waals surface area contributed by atoms with Crippen LogP contribution < -0.4 is 10.6 Å². The van der Waals surface area contributed by atoms with Gasteiger partial charge in [-0.15, -0.1) is 24.0 Å². The first-order valence-electron chi connectivity index (χ1n) is 8.44. The Morgan fingerprint density at radius 3 is 2.69 bits per heavy atom. The molecule has 2 rings (SSSR count). The number of hydrogen-bond acceptors (Lipinski definition) is 4. The summed E-state index contributed by atoms with van der Waals surface area (Å²) in [5.41, 5.74) is 1.27. The molecule has 144 valence electrons. The van der Waals surface area contributed by atoms with Gasteiger partial charge in [-0.1, -0.05) is 42.7 Å². The van der Waals surface area contributed by atoms with Gasteiger partial charge in [-0.05, 0) is 36.5 Å². The third-order valence-electron chi connectivity index (χ3n) is 3.60. The molecule has 0 bridgehead atoms. The number of aliphatic imine (C=N–C) groups is 1. The second-order valence-corrected chi connectivity index (χ2v) is 7.19. The highest BCUT2D eigenvalue weighted by Gasteiger charge is 2.19. The van der Waals surface area contributed by atoms with Crippen molar-refractivity contribution < 1.29 is 4.52 Å². The molecule has 26 heavy (non-hydrogen) atoms. The Hall–Kier alpha value is -1.35. The van der Waals surface area contributed by atoms with Crippen LogP contribution in [0.15, 0.2) is 33.8 Å². The zero-order valence-corrected chi connectivity index (χ0v) is 18.8. The van der Waals surface area contributed by atoms with E-state index in [4.69, 9.17) is 16.1 Å². The second-order valence-electron chi connectivity index (χ2n) is 6.75. The largest absolute Gasteiger partial charge is 0.357 e. The first-order valence-corrected chi connectivity index (χ1v) is 8.81. The lowest BCUT2D eigenvalue weighted by atomic mass is 9.86. The summed E-state index contributed by atoms with van der Waals surface area (Å²) in [5, 5.41) is 11.3. The molecule has 0 saturated heterocycles. The molecule has 0 aliphatic heterocycles. The molecule has 2 N–H and O–H groups in total. The van der Waals surface area contributed by atoms with Crippen molar-refractivity contribution >= 4 is 41.5 Å². The quantitative estimate of drug-likeness (QED) is 0.348. The van der Waals surface area contributed by atoms with E-state index < -0.39 is 0 Å². The SMILES string of the molecule is CCNC(=NCc1noc(C)n1)NCC(C)(C)Cc1cccc(Cl)c1.I. The van der Waals surface area contributed by atoms with Gasteiger partial charge in [0.1, 0.15) is 6.54 Å². The highest BCUT2D eigenvalue weighted by molar-refractivity contribution is 14.0. The molecule has 8 heteroatoms. The van der Waals surface area contributed by atoms with Gasteiger partial charge in [0.05, 0.1) is 0 Å². The van der Waals surface area contributed by atoms with Crippen LogP contribution in [0.2, 0.25) is 5.02 Å². The van der Waals surface area contributed by atoms with Gasteiger partial charge in [0.2, 0.25) is 5.89 Å². The Labute approximate surface area is 177 Å². The Balaban J connectivity index is 0.00000338. The Kier molecular flexibility index (Phi) is 9.35. The van der Waals surface area contributed by atoms with E-state index in [9.17, 15) is 0 Å². The molecule has 0 saturated carbocycles. The predicted molar refractivity (Wildman–Crippen MR) is 116 cm³/mol. The number of nitrogens with one attached hydrogen (secondary N) is 2. The van der Waals surface area contributed by atoms with E-state index in [1.807, 2.05) is 25.1 Å². The van der Waals surface area contributed by atoms with Crippen LogP contribution in [0, 0.1) is 12.3 Å². The predicted octanol–water partition coefficient (Wildman–Crippen LogP) is 3.97. The van der Waals surface area contributed by atoms with Gasteiger partial charge in [0, 0.05) is 25.0 Å². The van der Waals surface area contributed by atoms with E-state index in [0.717, 1.165) is 30.5 Å². The fraction of sp³-hybridized carbons (Fsp3) is 0.500. The zero-order chi connectivity index (χ0) is 18.3. The van der Waals surface area contributed by atoms with Crippen LogP contribution in [0.5, 0.6) is 0 Å². The fourth-order valence-electron chi connectivity index (χ4n) is 2.48. The maximum Gasteiger partial charge on any atom is 0.223 e. The van der Waals surface area contributed by atoms with Crippen molar-refractivity contribution in [2.75, 3.05) is 13.1 Å². The van der Waals surface area contributed by atoms with Gasteiger partial charge in [-0.2, -0.15) is 4.98 Å². The number of guanidine groups is 1. The summed E-state index contributed by atoms with van der Waals surface area (Å²) in [6.45, 7) is 10.2. The maximum atomic E-state index is 6.08. The number of aromatic nitrogens is 2. The second kappa shape index (κ2) is 10.7. The van der Waals surface area contributed by atoms with E-state index in [1.165, 1.54) is 5.56 Å². The molecule has 1 aromatic carbocycles. The van der Waals surface area contributed by atoms with Crippen molar-refractivity contribution in [1.82, 2.24) is 20.8 Å². The number of hydrogen-bond donors (Lipinski definition) is 2. The molecule has 0 aliphatic rings. The Morgan fingerprint density at radius 2 is 2.08 bits per heavy atom. The average molecular weight is 492 g/mol. The van der Waals surface area contributed by atoms with Crippen LogP contribution >= 0.6 is 35.6 Å². The maximum absolute atomic E-state index is 6.08. The van der Waals surface area contributed by atoms with Crippen LogP contribution in [-0.4, -0.2) is 29.2 Å². The minimum absolute atomic E-state index is 0. The minimum atomic E-state index is 0. The van der Waals surface area contributed by atoms with Gasteiger partial charge >= 0.3 is 0 Å². The first-order chi connectivity index (χ1) is 11.9. The van der Waals surface area contributed by atoms with Crippen molar-refractivity contribution in [1.29, 1.82) is 0 Å². The average Bonchev–Trinajstić information content (AvgIpc) is 2.95. The number of aryl methyl sites for hydroxylation is 1. The lowest BCUT2D eigenvalue weighted by Gasteiger charge is -2.26. The van der Waals surface area contributed by atoms with Crippen LogP contribution in [0.1, 0.15) is 38.0 Å². The van der Waals surface area contributed by atoms with Crippen LogP contribution in [0.4, 0.5) is 0 Å². The monoisotopic (exact) mass is 491 g/mol. The zero-order valence-electron chi connectivity index (χ0n) is 15.7. The third-order valence-corrected chi connectivity index (χ3v) is 3.83. The van der Waals surface area contributed by atoms with Crippen LogP contribution in [0.3, 0.4) is 0 Å². The molecule has 0 aliphatic carbocycles. The smallest absolute Gasteiger partial charge is 0.223 e. The fourth-order valence-corrected chi connectivity index (χ4v) is 2.69. The summed E-state index contributed by atoms with van der Waals surface area (Å²) >= 11 is 6.08. The topological polar surface area (TPSA) is 75.3 Å². The summed E-state index contributed by atoms with van der Waals surface area (Å²) in [7, 11) is 0. The highest BCUT2D eigenvalue weighted by atomic mass is 127. The van der Waals surface area contributed by atoms with Gasteiger partial charge in [-0.25, -0.2) is 4.99 Å². The normalized spacial score (nSPS) is 11.8. The summed E-state index contributed by atoms with van der Waals surface area (Å²) < 4.78 is 4.97. The molecule has 0 atom stereocenters. The summed E-state index contributed by atoms with van der Waals surface area (Å²) in [4.78, 5) is 8.67. The molecule has 2 aromatic rings. The molecular weight excluding hydrogens is 465 g/mol. The number of nitrogens with zero attached hydrogens (tertiary/aromatic N) is 3. The number of rotatable bonds is 7. The first kappa shape index (κ1) is 22.7. The molecule has 0 amide bonds. The van der Waals surface area contributed by atoms with Crippen LogP contribution in [-0.2, 0) is 13.0 Å². The summed E-state index contributed by atoms with van der Waals surface area (Å²) in [6, 6.07) is 8.00. The van der Waals surface area contributed by atoms with E-state index in [2.05, 4.69) is 45.7 Å². The standard InChI is InChI=1S/C18H26ClN5O.HI/c1-5-20-17(21-11-16-23-13(2)25-24-16)22-12-18(3,4)10-14-7-6-8-15(19)9-14;/h6-9H,5,10-12H2,1-4H3,(H2,20,21,22);1H. The van der Waals surface area contributed by atoms with Gasteiger partial charge in [0.25, 0.3) is 0 Å². The van der Waals surface area contributed by atoms with E-state index in [0.29, 0.717) is 18.3 Å². The van der Waals surface area contributed by atoms with E-state index >= 15 is 0 Å². The highest BCUT2D eigenvalue weighted by Crippen LogP contribution is 2.22. The van der Waals surface area contributed by atoms with E-state index in [-0.39, 0.29) is 29.4 Å². The minimum Gasteiger partial charge on any atom is -0.357 e. The van der Waals surface area contributed by atoms with Crippen LogP contribution in [0.25, 0.3) is 0 Å². The molecule has 0 unspecified atom stereocenters. The van der Waals surface area contributed by atoms with Crippen molar-refractivity contribution in [3.63, 3.8) is 0 Å². The lowest BCUT2D eigenvalue weighted by Crippen LogP contribution is -2.42. The summed E-state index contributed by atoms with van der Waals surface area (Å²) in [6.07, 6.45) is 0.921.